The van der Waals surface area contributed by atoms with Crippen molar-refractivity contribution in [2.75, 3.05) is 25.1 Å². The lowest BCUT2D eigenvalue weighted by Crippen LogP contribution is -2.46. The van der Waals surface area contributed by atoms with E-state index in [9.17, 15) is 18.0 Å². The van der Waals surface area contributed by atoms with E-state index in [4.69, 9.17) is 10.5 Å². The maximum atomic E-state index is 12.4. The van der Waals surface area contributed by atoms with Crippen LogP contribution in [0.2, 0.25) is 0 Å². The number of alkyl halides is 3. The number of carbonyl (C=O) groups is 1. The minimum Gasteiger partial charge on any atom is -0.381 e. The fraction of sp³-hybridized carbons (Fsp3) is 0.700. The van der Waals surface area contributed by atoms with Crippen LogP contribution in [0.1, 0.15) is 18.7 Å². The molecule has 1 saturated heterocycles. The first kappa shape index (κ1) is 14.7. The highest BCUT2D eigenvalue weighted by atomic mass is 19.4. The first-order valence-electron chi connectivity index (χ1n) is 5.96. The Morgan fingerprint density at radius 1 is 1.45 bits per heavy atom. The van der Waals surface area contributed by atoms with Crippen LogP contribution in [0.15, 0.2) is 0 Å². The molecular weight excluding hydrogens is 279 g/mol. The Labute approximate surface area is 112 Å². The van der Waals surface area contributed by atoms with E-state index < -0.39 is 29.3 Å². The van der Waals surface area contributed by atoms with E-state index in [1.54, 1.807) is 5.10 Å². The maximum absolute atomic E-state index is 12.4. The van der Waals surface area contributed by atoms with Gasteiger partial charge in [-0.05, 0) is 12.8 Å². The summed E-state index contributed by atoms with van der Waals surface area (Å²) in [5.74, 6) is -2.17. The maximum Gasteiger partial charge on any atom is 0.451 e. The largest absolute Gasteiger partial charge is 0.451 e. The number of nitrogens with two attached hydrogens (primary N) is 1. The van der Waals surface area contributed by atoms with Gasteiger partial charge < -0.3 is 10.5 Å². The second kappa shape index (κ2) is 5.37. The van der Waals surface area contributed by atoms with Crippen LogP contribution < -0.4 is 11.1 Å². The average molecular weight is 293 g/mol. The molecule has 2 heterocycles. The number of anilines is 1. The van der Waals surface area contributed by atoms with Crippen molar-refractivity contribution in [3.8, 4) is 0 Å². The minimum absolute atomic E-state index is 0.0821. The number of aromatic nitrogens is 3. The van der Waals surface area contributed by atoms with E-state index in [-0.39, 0.29) is 6.54 Å². The Morgan fingerprint density at radius 3 is 2.60 bits per heavy atom. The molecule has 20 heavy (non-hydrogen) atoms. The number of ether oxygens (including phenoxy) is 1. The number of hydrogen-bond donors (Lipinski definition) is 3. The van der Waals surface area contributed by atoms with Gasteiger partial charge in [-0.3, -0.25) is 15.2 Å². The fourth-order valence-corrected chi connectivity index (χ4v) is 1.96. The molecule has 1 aromatic rings. The average Bonchev–Trinajstić information content (AvgIpc) is 2.88. The number of H-pyrrole nitrogens is 1. The molecule has 0 saturated carbocycles. The molecule has 1 fully saturated rings. The summed E-state index contributed by atoms with van der Waals surface area (Å²) in [5, 5.41) is 7.32. The van der Waals surface area contributed by atoms with Gasteiger partial charge in [-0.1, -0.05) is 0 Å². The highest BCUT2D eigenvalue weighted by Crippen LogP contribution is 2.31. The van der Waals surface area contributed by atoms with Crippen molar-refractivity contribution in [2.45, 2.75) is 19.0 Å². The van der Waals surface area contributed by atoms with Crippen LogP contribution in [0.25, 0.3) is 0 Å². The first-order valence-corrected chi connectivity index (χ1v) is 5.96. The second-order valence-corrected chi connectivity index (χ2v) is 4.56. The third-order valence-electron chi connectivity index (χ3n) is 3.30. The number of amides is 1. The number of carbonyl (C=O) groups excluding carboxylic acids is 1. The van der Waals surface area contributed by atoms with Crippen LogP contribution >= 0.6 is 0 Å². The second-order valence-electron chi connectivity index (χ2n) is 4.56. The Bertz CT molecular complexity index is 481. The molecule has 2 rings (SSSR count). The standard InChI is InChI=1S/C10H14F3N5O2/c11-10(12,13)6-15-8(18-17-6)16-7(19)9(5-14)1-3-20-4-2-9/h1-5,14H2,(H2,15,16,17,18,19). The van der Waals surface area contributed by atoms with Crippen LogP contribution in [-0.4, -0.2) is 40.8 Å². The lowest BCUT2D eigenvalue weighted by molar-refractivity contribution is -0.144. The molecule has 4 N–H and O–H groups in total. The number of rotatable bonds is 3. The monoisotopic (exact) mass is 293 g/mol. The Morgan fingerprint density at radius 2 is 2.10 bits per heavy atom. The van der Waals surface area contributed by atoms with E-state index in [0.717, 1.165) is 0 Å². The number of halogens is 3. The van der Waals surface area contributed by atoms with Gasteiger partial charge in [0.2, 0.25) is 17.7 Å². The Kier molecular flexibility index (Phi) is 3.95. The van der Waals surface area contributed by atoms with E-state index in [2.05, 4.69) is 15.4 Å². The molecule has 0 unspecified atom stereocenters. The molecule has 0 spiro atoms. The number of hydrogen-bond acceptors (Lipinski definition) is 5. The minimum atomic E-state index is -4.64. The zero-order valence-electron chi connectivity index (χ0n) is 10.5. The van der Waals surface area contributed by atoms with Gasteiger partial charge in [-0.25, -0.2) is 0 Å². The SMILES string of the molecule is NCC1(C(=O)Nc2n[nH]c(C(F)(F)F)n2)CCOCC1. The van der Waals surface area contributed by atoms with Crippen molar-refractivity contribution in [3.05, 3.63) is 5.82 Å². The van der Waals surface area contributed by atoms with Gasteiger partial charge in [-0.2, -0.15) is 18.2 Å². The normalized spacial score (nSPS) is 18.8. The molecular formula is C10H14F3N5O2. The molecule has 0 aromatic carbocycles. The van der Waals surface area contributed by atoms with Crippen LogP contribution in [0, 0.1) is 5.41 Å². The molecule has 1 amide bonds. The van der Waals surface area contributed by atoms with Crippen LogP contribution in [-0.2, 0) is 15.7 Å². The first-order chi connectivity index (χ1) is 9.37. The fourth-order valence-electron chi connectivity index (χ4n) is 1.96. The molecule has 0 atom stereocenters. The molecule has 0 aliphatic carbocycles. The summed E-state index contributed by atoms with van der Waals surface area (Å²) in [6, 6.07) is 0. The van der Waals surface area contributed by atoms with Crippen LogP contribution in [0.5, 0.6) is 0 Å². The molecule has 0 bridgehead atoms. The zero-order valence-corrected chi connectivity index (χ0v) is 10.5. The van der Waals surface area contributed by atoms with Crippen molar-refractivity contribution in [1.82, 2.24) is 15.2 Å². The summed E-state index contributed by atoms with van der Waals surface area (Å²) in [6.45, 7) is 0.845. The van der Waals surface area contributed by atoms with Crippen LogP contribution in [0.4, 0.5) is 19.1 Å². The summed E-state index contributed by atoms with van der Waals surface area (Å²) in [7, 11) is 0. The predicted molar refractivity (Wildman–Crippen MR) is 61.6 cm³/mol. The van der Waals surface area contributed by atoms with Crippen molar-refractivity contribution < 1.29 is 22.7 Å². The summed E-state index contributed by atoms with van der Waals surface area (Å²) in [4.78, 5) is 15.3. The molecule has 1 aromatic heterocycles. The molecule has 10 heteroatoms. The van der Waals surface area contributed by atoms with Crippen molar-refractivity contribution in [2.24, 2.45) is 11.1 Å². The van der Waals surface area contributed by atoms with Crippen LogP contribution in [0.3, 0.4) is 0 Å². The van der Waals surface area contributed by atoms with E-state index in [1.807, 2.05) is 0 Å². The van der Waals surface area contributed by atoms with E-state index in [0.29, 0.717) is 26.1 Å². The van der Waals surface area contributed by atoms with Gasteiger partial charge in [0, 0.05) is 19.8 Å². The topological polar surface area (TPSA) is 106 Å². The summed E-state index contributed by atoms with van der Waals surface area (Å²) >= 11 is 0. The molecule has 0 radical (unpaired) electrons. The molecule has 1 aliphatic heterocycles. The number of aromatic amines is 1. The van der Waals surface area contributed by atoms with Crippen molar-refractivity contribution in [1.29, 1.82) is 0 Å². The predicted octanol–water partition coefficient (Wildman–Crippen LogP) is 0.517. The number of nitrogens with zero attached hydrogens (tertiary/aromatic N) is 2. The van der Waals surface area contributed by atoms with E-state index >= 15 is 0 Å². The van der Waals surface area contributed by atoms with Gasteiger partial charge >= 0.3 is 6.18 Å². The third-order valence-corrected chi connectivity index (χ3v) is 3.30. The van der Waals surface area contributed by atoms with Gasteiger partial charge in [0.1, 0.15) is 0 Å². The molecule has 112 valence electrons. The van der Waals surface area contributed by atoms with Gasteiger partial charge in [0.15, 0.2) is 0 Å². The lowest BCUT2D eigenvalue weighted by Gasteiger charge is -2.33. The summed E-state index contributed by atoms with van der Waals surface area (Å²) in [6.07, 6.45) is -3.82. The quantitative estimate of drug-likeness (QED) is 0.753. The van der Waals surface area contributed by atoms with Crippen molar-refractivity contribution >= 4 is 11.9 Å². The lowest BCUT2D eigenvalue weighted by atomic mass is 9.79. The number of nitrogens with one attached hydrogen (secondary N) is 2. The summed E-state index contributed by atoms with van der Waals surface area (Å²) in [5.41, 5.74) is 4.77. The van der Waals surface area contributed by atoms with Crippen molar-refractivity contribution in [3.63, 3.8) is 0 Å². The Balaban J connectivity index is 2.09. The highest BCUT2D eigenvalue weighted by molar-refractivity contribution is 5.94. The Hall–Kier alpha value is -1.68. The molecule has 1 aliphatic rings. The van der Waals surface area contributed by atoms with Gasteiger partial charge in [0.25, 0.3) is 0 Å². The third kappa shape index (κ3) is 2.90. The smallest absolute Gasteiger partial charge is 0.381 e. The highest BCUT2D eigenvalue weighted by Gasteiger charge is 2.40. The molecule has 7 nitrogen and oxygen atoms in total. The van der Waals surface area contributed by atoms with E-state index in [1.165, 1.54) is 0 Å². The summed E-state index contributed by atoms with van der Waals surface area (Å²) < 4.78 is 42.2. The van der Waals surface area contributed by atoms with Gasteiger partial charge in [0.05, 0.1) is 5.41 Å². The zero-order chi connectivity index (χ0) is 14.8. The van der Waals surface area contributed by atoms with Gasteiger partial charge in [-0.15, -0.1) is 5.10 Å².